The lowest BCUT2D eigenvalue weighted by molar-refractivity contribution is -0.274. The molecular weight excluding hydrogens is 311 g/mol. The summed E-state index contributed by atoms with van der Waals surface area (Å²) in [6, 6.07) is 4.68. The molecule has 1 aromatic carbocycles. The lowest BCUT2D eigenvalue weighted by Crippen LogP contribution is -2.20. The summed E-state index contributed by atoms with van der Waals surface area (Å²) < 4.78 is 41.6. The van der Waals surface area contributed by atoms with Crippen LogP contribution in [0.25, 0.3) is 0 Å². The SMILES string of the molecule is FC(F)(F)Oc1ccc(Br)cc1NC1CCCC1. The third-order valence-electron chi connectivity index (χ3n) is 2.88. The summed E-state index contributed by atoms with van der Waals surface area (Å²) >= 11 is 3.25. The van der Waals surface area contributed by atoms with Crippen molar-refractivity contribution in [3.63, 3.8) is 0 Å². The zero-order chi connectivity index (χ0) is 13.2. The third kappa shape index (κ3) is 3.80. The minimum Gasteiger partial charge on any atom is -0.404 e. The number of anilines is 1. The number of ether oxygens (including phenoxy) is 1. The maximum Gasteiger partial charge on any atom is 0.573 e. The molecule has 1 aliphatic rings. The van der Waals surface area contributed by atoms with E-state index in [0.29, 0.717) is 5.69 Å². The van der Waals surface area contributed by atoms with Crippen LogP contribution in [0.5, 0.6) is 5.75 Å². The van der Waals surface area contributed by atoms with E-state index in [9.17, 15) is 13.2 Å². The first-order valence-corrected chi connectivity index (χ1v) is 6.55. The van der Waals surface area contributed by atoms with Gasteiger partial charge in [0, 0.05) is 10.5 Å². The van der Waals surface area contributed by atoms with Crippen LogP contribution in [-0.4, -0.2) is 12.4 Å². The first kappa shape index (κ1) is 13.5. The molecular formula is C12H13BrF3NO. The van der Waals surface area contributed by atoms with Crippen LogP contribution in [0.1, 0.15) is 25.7 Å². The first-order valence-electron chi connectivity index (χ1n) is 5.76. The van der Waals surface area contributed by atoms with Gasteiger partial charge in [0.15, 0.2) is 5.75 Å². The molecule has 1 saturated carbocycles. The molecule has 18 heavy (non-hydrogen) atoms. The van der Waals surface area contributed by atoms with Gasteiger partial charge in [0.2, 0.25) is 0 Å². The number of hydrogen-bond donors (Lipinski definition) is 1. The molecule has 0 spiro atoms. The fourth-order valence-electron chi connectivity index (χ4n) is 2.12. The van der Waals surface area contributed by atoms with Crippen molar-refractivity contribution in [3.05, 3.63) is 22.7 Å². The summed E-state index contributed by atoms with van der Waals surface area (Å²) in [5.41, 5.74) is 0.383. The molecule has 0 heterocycles. The number of nitrogens with one attached hydrogen (secondary N) is 1. The molecule has 1 fully saturated rings. The van der Waals surface area contributed by atoms with E-state index in [0.717, 1.165) is 30.2 Å². The molecule has 1 N–H and O–H groups in total. The van der Waals surface area contributed by atoms with Crippen molar-refractivity contribution in [3.8, 4) is 5.75 Å². The highest BCUT2D eigenvalue weighted by atomic mass is 79.9. The number of halogens is 4. The maximum absolute atomic E-state index is 12.3. The Morgan fingerprint density at radius 2 is 1.89 bits per heavy atom. The second-order valence-electron chi connectivity index (χ2n) is 4.31. The minimum absolute atomic E-state index is 0.183. The molecule has 0 radical (unpaired) electrons. The molecule has 1 aromatic rings. The summed E-state index contributed by atoms with van der Waals surface area (Å²) in [4.78, 5) is 0. The van der Waals surface area contributed by atoms with Crippen molar-refractivity contribution in [2.75, 3.05) is 5.32 Å². The van der Waals surface area contributed by atoms with Crippen LogP contribution < -0.4 is 10.1 Å². The Morgan fingerprint density at radius 1 is 1.22 bits per heavy atom. The monoisotopic (exact) mass is 323 g/mol. The van der Waals surface area contributed by atoms with Crippen LogP contribution in [0.4, 0.5) is 18.9 Å². The van der Waals surface area contributed by atoms with Gasteiger partial charge in [-0.25, -0.2) is 0 Å². The fraction of sp³-hybridized carbons (Fsp3) is 0.500. The highest BCUT2D eigenvalue weighted by Gasteiger charge is 2.32. The molecule has 2 rings (SSSR count). The van der Waals surface area contributed by atoms with Gasteiger partial charge in [0.25, 0.3) is 0 Å². The van der Waals surface area contributed by atoms with Crippen LogP contribution in [0.3, 0.4) is 0 Å². The molecule has 0 amide bonds. The van der Waals surface area contributed by atoms with Gasteiger partial charge in [-0.3, -0.25) is 0 Å². The van der Waals surface area contributed by atoms with Crippen molar-refractivity contribution in [1.29, 1.82) is 0 Å². The minimum atomic E-state index is -4.67. The highest BCUT2D eigenvalue weighted by molar-refractivity contribution is 9.10. The second-order valence-corrected chi connectivity index (χ2v) is 5.23. The lowest BCUT2D eigenvalue weighted by atomic mass is 10.2. The fourth-order valence-corrected chi connectivity index (χ4v) is 2.48. The Balaban J connectivity index is 2.17. The van der Waals surface area contributed by atoms with E-state index in [-0.39, 0.29) is 11.8 Å². The maximum atomic E-state index is 12.3. The Kier molecular flexibility index (Phi) is 4.04. The number of rotatable bonds is 3. The van der Waals surface area contributed by atoms with Crippen LogP contribution in [-0.2, 0) is 0 Å². The van der Waals surface area contributed by atoms with Gasteiger partial charge >= 0.3 is 6.36 Å². The van der Waals surface area contributed by atoms with Crippen LogP contribution in [0.15, 0.2) is 22.7 Å². The molecule has 0 atom stereocenters. The zero-order valence-corrected chi connectivity index (χ0v) is 11.1. The van der Waals surface area contributed by atoms with Crippen molar-refractivity contribution in [1.82, 2.24) is 0 Å². The van der Waals surface area contributed by atoms with E-state index in [1.54, 1.807) is 6.07 Å². The molecule has 2 nitrogen and oxygen atoms in total. The number of hydrogen-bond acceptors (Lipinski definition) is 2. The van der Waals surface area contributed by atoms with E-state index >= 15 is 0 Å². The van der Waals surface area contributed by atoms with Crippen molar-refractivity contribution in [2.24, 2.45) is 0 Å². The molecule has 0 bridgehead atoms. The van der Waals surface area contributed by atoms with Crippen molar-refractivity contribution < 1.29 is 17.9 Å². The predicted octanol–water partition coefficient (Wildman–Crippen LogP) is 4.70. The van der Waals surface area contributed by atoms with Crippen LogP contribution in [0, 0.1) is 0 Å². The largest absolute Gasteiger partial charge is 0.573 e. The Hall–Kier alpha value is -0.910. The van der Waals surface area contributed by atoms with Gasteiger partial charge < -0.3 is 10.1 Å². The Labute approximate surface area is 112 Å². The van der Waals surface area contributed by atoms with Crippen molar-refractivity contribution in [2.45, 2.75) is 38.1 Å². The quantitative estimate of drug-likeness (QED) is 0.870. The van der Waals surface area contributed by atoms with Crippen molar-refractivity contribution >= 4 is 21.6 Å². The predicted molar refractivity (Wildman–Crippen MR) is 66.7 cm³/mol. The standard InChI is InChI=1S/C12H13BrF3NO/c13-8-5-6-11(18-12(14,15)16)10(7-8)17-9-3-1-2-4-9/h5-7,9,17H,1-4H2. The van der Waals surface area contributed by atoms with Gasteiger partial charge in [-0.05, 0) is 31.0 Å². The van der Waals surface area contributed by atoms with E-state index in [1.807, 2.05) is 0 Å². The average molecular weight is 324 g/mol. The lowest BCUT2D eigenvalue weighted by Gasteiger charge is -2.18. The van der Waals surface area contributed by atoms with Gasteiger partial charge in [-0.15, -0.1) is 13.2 Å². The van der Waals surface area contributed by atoms with Gasteiger partial charge in [0.1, 0.15) is 0 Å². The summed E-state index contributed by atoms with van der Waals surface area (Å²) in [5, 5.41) is 3.12. The average Bonchev–Trinajstić information content (AvgIpc) is 2.73. The second kappa shape index (κ2) is 5.38. The third-order valence-corrected chi connectivity index (χ3v) is 3.38. The Bertz CT molecular complexity index is 416. The number of benzene rings is 1. The van der Waals surface area contributed by atoms with Crippen LogP contribution in [0.2, 0.25) is 0 Å². The van der Waals surface area contributed by atoms with E-state index < -0.39 is 6.36 Å². The smallest absolute Gasteiger partial charge is 0.404 e. The topological polar surface area (TPSA) is 21.3 Å². The molecule has 6 heteroatoms. The van der Waals surface area contributed by atoms with E-state index in [2.05, 4.69) is 26.0 Å². The van der Waals surface area contributed by atoms with E-state index in [4.69, 9.17) is 0 Å². The summed E-state index contributed by atoms with van der Waals surface area (Å²) in [5.74, 6) is -0.183. The molecule has 1 aliphatic carbocycles. The van der Waals surface area contributed by atoms with E-state index in [1.165, 1.54) is 12.1 Å². The summed E-state index contributed by atoms with van der Waals surface area (Å²) in [7, 11) is 0. The van der Waals surface area contributed by atoms with Gasteiger partial charge in [-0.1, -0.05) is 28.8 Å². The van der Waals surface area contributed by atoms with Gasteiger partial charge in [0.05, 0.1) is 5.69 Å². The first-order chi connectivity index (χ1) is 8.44. The number of alkyl halides is 3. The molecule has 0 aliphatic heterocycles. The molecule has 0 saturated heterocycles. The molecule has 100 valence electrons. The summed E-state index contributed by atoms with van der Waals surface area (Å²) in [6.07, 6.45) is -0.474. The Morgan fingerprint density at radius 3 is 2.50 bits per heavy atom. The summed E-state index contributed by atoms with van der Waals surface area (Å²) in [6.45, 7) is 0. The zero-order valence-electron chi connectivity index (χ0n) is 9.56. The molecule has 0 aromatic heterocycles. The van der Waals surface area contributed by atoms with Crippen LogP contribution >= 0.6 is 15.9 Å². The molecule has 0 unspecified atom stereocenters. The normalized spacial score (nSPS) is 16.9. The highest BCUT2D eigenvalue weighted by Crippen LogP contribution is 2.34. The van der Waals surface area contributed by atoms with Gasteiger partial charge in [-0.2, -0.15) is 0 Å².